The van der Waals surface area contributed by atoms with Gasteiger partial charge in [-0.25, -0.2) is 0 Å². The summed E-state index contributed by atoms with van der Waals surface area (Å²) in [6, 6.07) is 20.8. The fourth-order valence-electron chi connectivity index (χ4n) is 4.18. The summed E-state index contributed by atoms with van der Waals surface area (Å²) < 4.78 is 0. The molecule has 5 nitrogen and oxygen atoms in total. The molecule has 2 aliphatic heterocycles. The predicted molar refractivity (Wildman–Crippen MR) is 118 cm³/mol. The van der Waals surface area contributed by atoms with Gasteiger partial charge in [0.1, 0.15) is 0 Å². The molecule has 0 N–H and O–H groups in total. The number of para-hydroxylation sites is 1. The van der Waals surface area contributed by atoms with Gasteiger partial charge < -0.3 is 9.80 Å². The standard InChI is InChI=1S/C23H17N3O2S2/c24-14-16-5-3-6-17(13-16)15-25-19-8-2-1-7-18(19)23(22(25)28)26(10-12-30-23)21(27)20-9-4-11-29-20/h1-9,11,13H,10,12,15H2/t23-/m0/s1. The van der Waals surface area contributed by atoms with Crippen molar-refractivity contribution in [1.82, 2.24) is 4.90 Å². The van der Waals surface area contributed by atoms with E-state index in [-0.39, 0.29) is 11.8 Å². The third-order valence-electron chi connectivity index (χ3n) is 5.47. The first-order chi connectivity index (χ1) is 14.6. The molecule has 2 amide bonds. The molecule has 3 aromatic rings. The average molecular weight is 432 g/mol. The van der Waals surface area contributed by atoms with Crippen molar-refractivity contribution in [3.05, 3.63) is 87.6 Å². The highest BCUT2D eigenvalue weighted by molar-refractivity contribution is 8.01. The van der Waals surface area contributed by atoms with Crippen LogP contribution in [0, 0.1) is 11.3 Å². The second kappa shape index (κ2) is 7.31. The number of hydrogen-bond acceptors (Lipinski definition) is 5. The van der Waals surface area contributed by atoms with Crippen LogP contribution in [0.2, 0.25) is 0 Å². The molecule has 2 aromatic carbocycles. The third-order valence-corrected chi connectivity index (χ3v) is 7.75. The van der Waals surface area contributed by atoms with E-state index in [1.165, 1.54) is 23.1 Å². The van der Waals surface area contributed by atoms with Gasteiger partial charge in [-0.15, -0.1) is 23.1 Å². The molecule has 1 spiro atoms. The molecule has 2 aliphatic rings. The number of carbonyl (C=O) groups is 2. The highest BCUT2D eigenvalue weighted by Crippen LogP contribution is 2.54. The second-order valence-electron chi connectivity index (χ2n) is 7.15. The van der Waals surface area contributed by atoms with Gasteiger partial charge >= 0.3 is 0 Å². The van der Waals surface area contributed by atoms with E-state index in [0.29, 0.717) is 29.3 Å². The zero-order valence-electron chi connectivity index (χ0n) is 15.9. The van der Waals surface area contributed by atoms with Gasteiger partial charge in [0, 0.05) is 17.9 Å². The van der Waals surface area contributed by atoms with Crippen molar-refractivity contribution in [2.45, 2.75) is 11.4 Å². The summed E-state index contributed by atoms with van der Waals surface area (Å²) in [5, 5.41) is 11.1. The number of thiophene rings is 1. The Morgan fingerprint density at radius 3 is 2.80 bits per heavy atom. The minimum atomic E-state index is -1.04. The van der Waals surface area contributed by atoms with Crippen molar-refractivity contribution in [3.63, 3.8) is 0 Å². The van der Waals surface area contributed by atoms with Crippen molar-refractivity contribution in [2.75, 3.05) is 17.2 Å². The number of rotatable bonds is 3. The highest BCUT2D eigenvalue weighted by atomic mass is 32.2. The maximum absolute atomic E-state index is 13.9. The number of benzene rings is 2. The predicted octanol–water partition coefficient (Wildman–Crippen LogP) is 4.21. The number of nitriles is 1. The number of hydrogen-bond donors (Lipinski definition) is 0. The highest BCUT2D eigenvalue weighted by Gasteiger charge is 2.59. The molecule has 0 bridgehead atoms. The van der Waals surface area contributed by atoms with Crippen LogP contribution in [0.25, 0.3) is 0 Å². The maximum atomic E-state index is 13.9. The number of fused-ring (bicyclic) bond motifs is 2. The molecule has 1 saturated heterocycles. The molecule has 1 aromatic heterocycles. The largest absolute Gasteiger partial charge is 0.310 e. The van der Waals surface area contributed by atoms with Crippen LogP contribution in [0.15, 0.2) is 66.0 Å². The Hall–Kier alpha value is -3.08. The van der Waals surface area contributed by atoms with E-state index in [2.05, 4.69) is 6.07 Å². The second-order valence-corrected chi connectivity index (χ2v) is 9.38. The number of carbonyl (C=O) groups excluding carboxylic acids is 2. The van der Waals surface area contributed by atoms with Crippen LogP contribution in [-0.4, -0.2) is 29.0 Å². The van der Waals surface area contributed by atoms with Gasteiger partial charge in [0.2, 0.25) is 0 Å². The van der Waals surface area contributed by atoms with Crippen LogP contribution in [0.5, 0.6) is 0 Å². The van der Waals surface area contributed by atoms with Crippen LogP contribution >= 0.6 is 23.1 Å². The fraction of sp³-hybridized carbons (Fsp3) is 0.174. The lowest BCUT2D eigenvalue weighted by molar-refractivity contribution is -0.123. The quantitative estimate of drug-likeness (QED) is 0.623. The number of thioether (sulfide) groups is 1. The van der Waals surface area contributed by atoms with Gasteiger partial charge in [-0.1, -0.05) is 36.4 Å². The van der Waals surface area contributed by atoms with Crippen LogP contribution in [0.3, 0.4) is 0 Å². The first-order valence-electron chi connectivity index (χ1n) is 9.55. The first-order valence-corrected chi connectivity index (χ1v) is 11.4. The van der Waals surface area contributed by atoms with E-state index in [4.69, 9.17) is 0 Å². The Labute approximate surface area is 182 Å². The topological polar surface area (TPSA) is 64.4 Å². The van der Waals surface area contributed by atoms with E-state index in [0.717, 1.165) is 16.8 Å². The first kappa shape index (κ1) is 18.9. The van der Waals surface area contributed by atoms with Gasteiger partial charge in [-0.2, -0.15) is 5.26 Å². The minimum Gasteiger partial charge on any atom is -0.310 e. The van der Waals surface area contributed by atoms with E-state index < -0.39 is 4.87 Å². The summed E-state index contributed by atoms with van der Waals surface area (Å²) in [7, 11) is 0. The maximum Gasteiger partial charge on any atom is 0.268 e. The van der Waals surface area contributed by atoms with Crippen LogP contribution in [-0.2, 0) is 16.2 Å². The molecule has 0 saturated carbocycles. The van der Waals surface area contributed by atoms with Gasteiger partial charge in [0.15, 0.2) is 4.87 Å². The lowest BCUT2D eigenvalue weighted by Gasteiger charge is -2.33. The molecule has 1 fully saturated rings. The molecule has 7 heteroatoms. The Morgan fingerprint density at radius 1 is 1.13 bits per heavy atom. The van der Waals surface area contributed by atoms with Crippen LogP contribution in [0.4, 0.5) is 5.69 Å². The molecule has 1 atom stereocenters. The molecule has 5 rings (SSSR count). The summed E-state index contributed by atoms with van der Waals surface area (Å²) in [5.74, 6) is 0.500. The zero-order chi connectivity index (χ0) is 20.7. The van der Waals surface area contributed by atoms with E-state index in [1.54, 1.807) is 28.0 Å². The van der Waals surface area contributed by atoms with E-state index in [9.17, 15) is 14.9 Å². The van der Waals surface area contributed by atoms with Gasteiger partial charge in [-0.3, -0.25) is 9.59 Å². The van der Waals surface area contributed by atoms with Crippen LogP contribution in [0.1, 0.15) is 26.4 Å². The monoisotopic (exact) mass is 431 g/mol. The minimum absolute atomic E-state index is 0.0986. The van der Waals surface area contributed by atoms with Crippen molar-refractivity contribution >= 4 is 40.6 Å². The Morgan fingerprint density at radius 2 is 2.00 bits per heavy atom. The Bertz CT molecular complexity index is 1190. The third kappa shape index (κ3) is 2.76. The number of nitrogens with zero attached hydrogens (tertiary/aromatic N) is 3. The van der Waals surface area contributed by atoms with E-state index >= 15 is 0 Å². The van der Waals surface area contributed by atoms with Gasteiger partial charge in [0.25, 0.3) is 11.8 Å². The van der Waals surface area contributed by atoms with Crippen molar-refractivity contribution in [1.29, 1.82) is 5.26 Å². The van der Waals surface area contributed by atoms with Crippen molar-refractivity contribution in [3.8, 4) is 6.07 Å². The summed E-state index contributed by atoms with van der Waals surface area (Å²) in [4.78, 5) is 30.3. The smallest absolute Gasteiger partial charge is 0.268 e. The average Bonchev–Trinajstić information content (AvgIpc) is 3.51. The molecule has 0 unspecified atom stereocenters. The Kier molecular flexibility index (Phi) is 4.61. The molecule has 0 radical (unpaired) electrons. The summed E-state index contributed by atoms with van der Waals surface area (Å²) in [5.41, 5.74) is 3.13. The van der Waals surface area contributed by atoms with Crippen molar-refractivity contribution < 1.29 is 9.59 Å². The summed E-state index contributed by atoms with van der Waals surface area (Å²) >= 11 is 2.92. The van der Waals surface area contributed by atoms with Gasteiger partial charge in [-0.05, 0) is 35.2 Å². The van der Waals surface area contributed by atoms with Crippen LogP contribution < -0.4 is 4.90 Å². The number of anilines is 1. The summed E-state index contributed by atoms with van der Waals surface area (Å²) in [6.07, 6.45) is 0. The lowest BCUT2D eigenvalue weighted by Crippen LogP contribution is -2.50. The molecule has 148 valence electrons. The van der Waals surface area contributed by atoms with Gasteiger partial charge in [0.05, 0.1) is 28.7 Å². The van der Waals surface area contributed by atoms with E-state index in [1.807, 2.05) is 47.8 Å². The SMILES string of the molecule is N#Cc1cccc(CN2C(=O)[C@@]3(SCCN3C(=O)c3cccs3)c3ccccc32)c1. The molecule has 0 aliphatic carbocycles. The number of amides is 2. The normalized spacial score (nSPS) is 19.9. The van der Waals surface area contributed by atoms with Crippen molar-refractivity contribution in [2.24, 2.45) is 0 Å². The molecular formula is C23H17N3O2S2. The fourth-order valence-corrected chi connectivity index (χ4v) is 6.31. The Balaban J connectivity index is 1.58. The molecule has 3 heterocycles. The zero-order valence-corrected chi connectivity index (χ0v) is 17.6. The molecular weight excluding hydrogens is 414 g/mol. The summed E-state index contributed by atoms with van der Waals surface area (Å²) in [6.45, 7) is 0.883. The molecule has 30 heavy (non-hydrogen) atoms. The lowest BCUT2D eigenvalue weighted by atomic mass is 10.1.